The van der Waals surface area contributed by atoms with Gasteiger partial charge >= 0.3 is 0 Å². The molecule has 2 nitrogen and oxygen atoms in total. The number of benzene rings is 3. The monoisotopic (exact) mass is 351 g/mol. The minimum absolute atomic E-state index is 0.525. The summed E-state index contributed by atoms with van der Waals surface area (Å²) in [5.74, 6) is 0.842. The van der Waals surface area contributed by atoms with Crippen LogP contribution in [0.2, 0.25) is 5.02 Å². The molecule has 0 aliphatic rings. The number of hydrogen-bond acceptors (Lipinski definition) is 3. The van der Waals surface area contributed by atoms with Gasteiger partial charge in [-0.2, -0.15) is 0 Å². The van der Waals surface area contributed by atoms with Crippen molar-refractivity contribution in [3.8, 4) is 16.3 Å². The fraction of sp³-hybridized carbons (Fsp3) is 0.0500. The smallest absolute Gasteiger partial charge is 0.124 e. The lowest BCUT2D eigenvalue weighted by Crippen LogP contribution is -1.94. The highest BCUT2D eigenvalue weighted by atomic mass is 35.5. The van der Waals surface area contributed by atoms with Crippen molar-refractivity contribution >= 4 is 33.2 Å². The maximum atomic E-state index is 5.89. The molecule has 4 rings (SSSR count). The quantitative estimate of drug-likeness (QED) is 0.437. The van der Waals surface area contributed by atoms with Gasteiger partial charge in [0, 0.05) is 10.6 Å². The van der Waals surface area contributed by atoms with Crippen LogP contribution < -0.4 is 4.74 Å². The molecule has 0 aliphatic carbocycles. The first kappa shape index (κ1) is 15.2. The molecule has 1 aromatic heterocycles. The molecular weight excluding hydrogens is 338 g/mol. The molecule has 0 fully saturated rings. The van der Waals surface area contributed by atoms with E-state index in [0.29, 0.717) is 6.61 Å². The molecule has 4 heteroatoms. The Hall–Kier alpha value is -2.36. The van der Waals surface area contributed by atoms with Gasteiger partial charge in [-0.05, 0) is 54.1 Å². The molecule has 4 aromatic rings. The Morgan fingerprint density at radius 1 is 0.875 bits per heavy atom. The van der Waals surface area contributed by atoms with Gasteiger partial charge < -0.3 is 4.74 Å². The third-order valence-electron chi connectivity index (χ3n) is 3.71. The molecular formula is C20H14ClNOS. The lowest BCUT2D eigenvalue weighted by atomic mass is 10.2. The SMILES string of the molecule is Clc1ccc(COc2ccc(-c3nc4ccccc4s3)cc2)cc1. The fourth-order valence-corrected chi connectivity index (χ4v) is 3.53. The summed E-state index contributed by atoms with van der Waals surface area (Å²) in [6, 6.07) is 23.9. The van der Waals surface area contributed by atoms with Crippen LogP contribution in [-0.2, 0) is 6.61 Å². The Bertz CT molecular complexity index is 928. The van der Waals surface area contributed by atoms with Crippen LogP contribution in [0.15, 0.2) is 72.8 Å². The fourth-order valence-electron chi connectivity index (χ4n) is 2.44. The lowest BCUT2D eigenvalue weighted by Gasteiger charge is -2.07. The molecule has 1 heterocycles. The highest BCUT2D eigenvalue weighted by molar-refractivity contribution is 7.21. The second kappa shape index (κ2) is 6.63. The highest BCUT2D eigenvalue weighted by Gasteiger charge is 2.06. The zero-order valence-electron chi connectivity index (χ0n) is 12.8. The highest BCUT2D eigenvalue weighted by Crippen LogP contribution is 2.31. The van der Waals surface area contributed by atoms with Crippen molar-refractivity contribution < 1.29 is 4.74 Å². The molecule has 3 aromatic carbocycles. The van der Waals surface area contributed by atoms with Crippen molar-refractivity contribution in [2.45, 2.75) is 6.61 Å². The molecule has 0 N–H and O–H groups in total. The third-order valence-corrected chi connectivity index (χ3v) is 5.05. The Morgan fingerprint density at radius 2 is 1.62 bits per heavy atom. The van der Waals surface area contributed by atoms with Gasteiger partial charge in [0.2, 0.25) is 0 Å². The maximum absolute atomic E-state index is 5.89. The zero-order chi connectivity index (χ0) is 16.4. The number of halogens is 1. The van der Waals surface area contributed by atoms with E-state index in [1.165, 1.54) is 4.70 Å². The number of nitrogens with zero attached hydrogens (tertiary/aromatic N) is 1. The molecule has 0 radical (unpaired) electrons. The van der Waals surface area contributed by atoms with Crippen LogP contribution in [0.25, 0.3) is 20.8 Å². The molecule has 0 unspecified atom stereocenters. The summed E-state index contributed by atoms with van der Waals surface area (Å²) in [6.07, 6.45) is 0. The second-order valence-corrected chi connectivity index (χ2v) is 6.89. The standard InChI is InChI=1S/C20H14ClNOS/c21-16-9-5-14(6-10-16)13-23-17-11-7-15(8-12-17)20-22-18-3-1-2-4-19(18)24-20/h1-12H,13H2. The Morgan fingerprint density at radius 3 is 2.38 bits per heavy atom. The van der Waals surface area contributed by atoms with E-state index in [2.05, 4.69) is 23.2 Å². The van der Waals surface area contributed by atoms with E-state index in [0.717, 1.165) is 32.4 Å². The molecule has 0 aliphatic heterocycles. The molecule has 0 amide bonds. The van der Waals surface area contributed by atoms with Gasteiger partial charge in [0.1, 0.15) is 17.4 Å². The first-order chi connectivity index (χ1) is 11.8. The van der Waals surface area contributed by atoms with E-state index in [1.54, 1.807) is 11.3 Å². The minimum atomic E-state index is 0.525. The predicted octanol–water partition coefficient (Wildman–Crippen LogP) is 6.20. The van der Waals surface area contributed by atoms with Crippen LogP contribution in [0, 0.1) is 0 Å². The van der Waals surface area contributed by atoms with Gasteiger partial charge in [0.05, 0.1) is 10.2 Å². The van der Waals surface area contributed by atoms with Crippen molar-refractivity contribution in [1.29, 1.82) is 0 Å². The van der Waals surface area contributed by atoms with E-state index < -0.39 is 0 Å². The third kappa shape index (κ3) is 3.28. The summed E-state index contributed by atoms with van der Waals surface area (Å²) in [5, 5.41) is 1.76. The number of rotatable bonds is 4. The van der Waals surface area contributed by atoms with Crippen LogP contribution in [-0.4, -0.2) is 4.98 Å². The zero-order valence-corrected chi connectivity index (χ0v) is 14.3. The molecule has 118 valence electrons. The van der Waals surface area contributed by atoms with Gasteiger partial charge in [-0.25, -0.2) is 4.98 Å². The second-order valence-electron chi connectivity index (χ2n) is 5.43. The molecule has 0 saturated heterocycles. The van der Waals surface area contributed by atoms with Crippen LogP contribution in [0.3, 0.4) is 0 Å². The lowest BCUT2D eigenvalue weighted by molar-refractivity contribution is 0.306. The van der Waals surface area contributed by atoms with E-state index in [9.17, 15) is 0 Å². The molecule has 24 heavy (non-hydrogen) atoms. The average Bonchev–Trinajstić information content (AvgIpc) is 3.06. The van der Waals surface area contributed by atoms with E-state index in [4.69, 9.17) is 16.3 Å². The van der Waals surface area contributed by atoms with Gasteiger partial charge in [-0.15, -0.1) is 11.3 Å². The van der Waals surface area contributed by atoms with Gasteiger partial charge in [0.25, 0.3) is 0 Å². The summed E-state index contributed by atoms with van der Waals surface area (Å²) >= 11 is 7.59. The van der Waals surface area contributed by atoms with Crippen molar-refractivity contribution in [3.05, 3.63) is 83.4 Å². The Balaban J connectivity index is 1.48. The van der Waals surface area contributed by atoms with Gasteiger partial charge in [-0.1, -0.05) is 35.9 Å². The van der Waals surface area contributed by atoms with E-state index >= 15 is 0 Å². The van der Waals surface area contributed by atoms with Crippen LogP contribution in [0.4, 0.5) is 0 Å². The Kier molecular flexibility index (Phi) is 4.20. The summed E-state index contributed by atoms with van der Waals surface area (Å²) in [6.45, 7) is 0.525. The predicted molar refractivity (Wildman–Crippen MR) is 101 cm³/mol. The topological polar surface area (TPSA) is 22.1 Å². The number of hydrogen-bond donors (Lipinski definition) is 0. The summed E-state index contributed by atoms with van der Waals surface area (Å²) in [7, 11) is 0. The molecule has 0 spiro atoms. The number of thiazole rings is 1. The summed E-state index contributed by atoms with van der Waals surface area (Å²) in [4.78, 5) is 4.68. The number of ether oxygens (including phenoxy) is 1. The molecule has 0 bridgehead atoms. The van der Waals surface area contributed by atoms with Crippen molar-refractivity contribution in [1.82, 2.24) is 4.98 Å². The number of fused-ring (bicyclic) bond motifs is 1. The normalized spacial score (nSPS) is 10.9. The maximum Gasteiger partial charge on any atom is 0.124 e. The minimum Gasteiger partial charge on any atom is -0.489 e. The number of para-hydroxylation sites is 1. The first-order valence-corrected chi connectivity index (χ1v) is 8.81. The van der Waals surface area contributed by atoms with E-state index in [-0.39, 0.29) is 0 Å². The average molecular weight is 352 g/mol. The summed E-state index contributed by atoms with van der Waals surface area (Å²) in [5.41, 5.74) is 3.24. The van der Waals surface area contributed by atoms with Crippen molar-refractivity contribution in [2.24, 2.45) is 0 Å². The van der Waals surface area contributed by atoms with Crippen LogP contribution >= 0.6 is 22.9 Å². The molecule has 0 saturated carbocycles. The van der Waals surface area contributed by atoms with Gasteiger partial charge in [0.15, 0.2) is 0 Å². The van der Waals surface area contributed by atoms with Crippen LogP contribution in [0.5, 0.6) is 5.75 Å². The Labute approximate surface area is 149 Å². The van der Waals surface area contributed by atoms with Crippen molar-refractivity contribution in [3.63, 3.8) is 0 Å². The molecule has 0 atom stereocenters. The van der Waals surface area contributed by atoms with E-state index in [1.807, 2.05) is 54.6 Å². The number of aromatic nitrogens is 1. The van der Waals surface area contributed by atoms with Gasteiger partial charge in [-0.3, -0.25) is 0 Å². The first-order valence-electron chi connectivity index (χ1n) is 7.61. The van der Waals surface area contributed by atoms with Crippen molar-refractivity contribution in [2.75, 3.05) is 0 Å². The summed E-state index contributed by atoms with van der Waals surface area (Å²) < 4.78 is 7.03. The van der Waals surface area contributed by atoms with Crippen LogP contribution in [0.1, 0.15) is 5.56 Å². The largest absolute Gasteiger partial charge is 0.489 e.